The normalized spacial score (nSPS) is 27.8. The SMILES string of the molecule is CCCNC(C)CCCC1CCC2(CCCCC2)O1. The maximum Gasteiger partial charge on any atom is 0.0687 e. The summed E-state index contributed by atoms with van der Waals surface area (Å²) >= 11 is 0. The fourth-order valence-corrected chi connectivity index (χ4v) is 3.81. The lowest BCUT2D eigenvalue weighted by Gasteiger charge is -2.33. The van der Waals surface area contributed by atoms with Crippen molar-refractivity contribution in [3.05, 3.63) is 0 Å². The first kappa shape index (κ1) is 15.3. The van der Waals surface area contributed by atoms with Crippen LogP contribution in [0.25, 0.3) is 0 Å². The fraction of sp³-hybridized carbons (Fsp3) is 1.00. The minimum atomic E-state index is 0.314. The molecule has 1 aliphatic heterocycles. The monoisotopic (exact) mass is 267 g/mol. The Morgan fingerprint density at radius 2 is 2.00 bits per heavy atom. The second-order valence-corrected chi connectivity index (χ2v) is 6.81. The Morgan fingerprint density at radius 3 is 2.74 bits per heavy atom. The summed E-state index contributed by atoms with van der Waals surface area (Å²) in [6.07, 6.45) is 15.2. The summed E-state index contributed by atoms with van der Waals surface area (Å²) < 4.78 is 6.43. The molecule has 0 aromatic rings. The third kappa shape index (κ3) is 4.75. The summed E-state index contributed by atoms with van der Waals surface area (Å²) in [6.45, 7) is 5.70. The van der Waals surface area contributed by atoms with E-state index in [0.717, 1.165) is 6.54 Å². The summed E-state index contributed by atoms with van der Waals surface area (Å²) in [6, 6.07) is 0.671. The largest absolute Gasteiger partial charge is 0.372 e. The molecule has 1 heterocycles. The Kier molecular flexibility index (Phi) is 6.15. The van der Waals surface area contributed by atoms with Crippen LogP contribution in [0.4, 0.5) is 0 Å². The third-order valence-corrected chi connectivity index (χ3v) is 5.01. The predicted molar refractivity (Wildman–Crippen MR) is 81.5 cm³/mol. The molecule has 2 nitrogen and oxygen atoms in total. The van der Waals surface area contributed by atoms with Gasteiger partial charge in [-0.25, -0.2) is 0 Å². The molecule has 2 rings (SSSR count). The molecule has 1 N–H and O–H groups in total. The van der Waals surface area contributed by atoms with Crippen molar-refractivity contribution in [1.82, 2.24) is 5.32 Å². The highest BCUT2D eigenvalue weighted by molar-refractivity contribution is 4.91. The zero-order valence-corrected chi connectivity index (χ0v) is 13.0. The summed E-state index contributed by atoms with van der Waals surface area (Å²) in [5.74, 6) is 0. The van der Waals surface area contributed by atoms with E-state index in [0.29, 0.717) is 17.7 Å². The van der Waals surface area contributed by atoms with Gasteiger partial charge in [0.05, 0.1) is 11.7 Å². The Labute approximate surface area is 119 Å². The lowest BCUT2D eigenvalue weighted by atomic mass is 9.83. The Balaban J connectivity index is 1.60. The number of nitrogens with one attached hydrogen (secondary N) is 1. The second-order valence-electron chi connectivity index (χ2n) is 6.81. The van der Waals surface area contributed by atoms with Crippen molar-refractivity contribution in [3.63, 3.8) is 0 Å². The van der Waals surface area contributed by atoms with E-state index in [2.05, 4.69) is 19.2 Å². The van der Waals surface area contributed by atoms with Gasteiger partial charge >= 0.3 is 0 Å². The minimum Gasteiger partial charge on any atom is -0.372 e. The highest BCUT2D eigenvalue weighted by Crippen LogP contribution is 2.42. The van der Waals surface area contributed by atoms with Gasteiger partial charge in [0.25, 0.3) is 0 Å². The molecular weight excluding hydrogens is 234 g/mol. The van der Waals surface area contributed by atoms with Crippen LogP contribution in [0.2, 0.25) is 0 Å². The van der Waals surface area contributed by atoms with Gasteiger partial charge in [-0.3, -0.25) is 0 Å². The molecule has 2 atom stereocenters. The average molecular weight is 267 g/mol. The number of rotatable bonds is 7. The molecule has 1 saturated heterocycles. The van der Waals surface area contributed by atoms with E-state index in [1.165, 1.54) is 70.6 Å². The van der Waals surface area contributed by atoms with E-state index in [1.54, 1.807) is 0 Å². The standard InChI is InChI=1S/C17H33NO/c1-3-14-18-15(2)8-7-9-16-10-13-17(19-16)11-5-4-6-12-17/h15-16,18H,3-14H2,1-2H3. The zero-order chi connectivity index (χ0) is 13.6. The summed E-state index contributed by atoms with van der Waals surface area (Å²) in [5, 5.41) is 3.57. The highest BCUT2D eigenvalue weighted by Gasteiger charge is 2.40. The van der Waals surface area contributed by atoms with E-state index in [9.17, 15) is 0 Å². The van der Waals surface area contributed by atoms with Crippen molar-refractivity contribution in [2.75, 3.05) is 6.54 Å². The minimum absolute atomic E-state index is 0.314. The van der Waals surface area contributed by atoms with Crippen LogP contribution in [0.15, 0.2) is 0 Å². The van der Waals surface area contributed by atoms with Crippen LogP contribution in [0.3, 0.4) is 0 Å². The maximum atomic E-state index is 6.43. The van der Waals surface area contributed by atoms with Gasteiger partial charge in [0.2, 0.25) is 0 Å². The van der Waals surface area contributed by atoms with Gasteiger partial charge in [0, 0.05) is 6.04 Å². The van der Waals surface area contributed by atoms with E-state index in [-0.39, 0.29) is 0 Å². The van der Waals surface area contributed by atoms with Gasteiger partial charge in [-0.05, 0) is 64.8 Å². The molecule has 0 bridgehead atoms. The van der Waals surface area contributed by atoms with E-state index < -0.39 is 0 Å². The zero-order valence-electron chi connectivity index (χ0n) is 13.0. The first-order chi connectivity index (χ1) is 9.24. The molecule has 2 aliphatic rings. The first-order valence-electron chi connectivity index (χ1n) is 8.65. The van der Waals surface area contributed by atoms with Crippen LogP contribution in [-0.2, 0) is 4.74 Å². The fourth-order valence-electron chi connectivity index (χ4n) is 3.81. The predicted octanol–water partition coefficient (Wildman–Crippen LogP) is 4.43. The van der Waals surface area contributed by atoms with Crippen LogP contribution >= 0.6 is 0 Å². The smallest absolute Gasteiger partial charge is 0.0687 e. The molecule has 0 aromatic heterocycles. The van der Waals surface area contributed by atoms with E-state index in [4.69, 9.17) is 4.74 Å². The third-order valence-electron chi connectivity index (χ3n) is 5.01. The molecule has 112 valence electrons. The van der Waals surface area contributed by atoms with Gasteiger partial charge < -0.3 is 10.1 Å². The lowest BCUT2D eigenvalue weighted by molar-refractivity contribution is -0.0661. The Bertz CT molecular complexity index is 248. The summed E-state index contributed by atoms with van der Waals surface area (Å²) in [4.78, 5) is 0. The Morgan fingerprint density at radius 1 is 1.21 bits per heavy atom. The van der Waals surface area contributed by atoms with Crippen LogP contribution in [0, 0.1) is 0 Å². The van der Waals surface area contributed by atoms with Crippen molar-refractivity contribution >= 4 is 0 Å². The van der Waals surface area contributed by atoms with Gasteiger partial charge in [0.15, 0.2) is 0 Å². The molecule has 0 aromatic carbocycles. The summed E-state index contributed by atoms with van der Waals surface area (Å²) in [5.41, 5.74) is 0.314. The van der Waals surface area contributed by atoms with Gasteiger partial charge in [-0.2, -0.15) is 0 Å². The average Bonchev–Trinajstić information content (AvgIpc) is 2.80. The number of hydrogen-bond acceptors (Lipinski definition) is 2. The van der Waals surface area contributed by atoms with Crippen LogP contribution in [0.5, 0.6) is 0 Å². The van der Waals surface area contributed by atoms with Gasteiger partial charge in [-0.1, -0.05) is 26.2 Å². The summed E-state index contributed by atoms with van der Waals surface area (Å²) in [7, 11) is 0. The van der Waals surface area contributed by atoms with Crippen molar-refractivity contribution in [3.8, 4) is 0 Å². The Hall–Kier alpha value is -0.0800. The molecule has 1 spiro atoms. The molecule has 1 aliphatic carbocycles. The first-order valence-corrected chi connectivity index (χ1v) is 8.65. The topological polar surface area (TPSA) is 21.3 Å². The van der Waals surface area contributed by atoms with E-state index in [1.807, 2.05) is 0 Å². The van der Waals surface area contributed by atoms with Crippen molar-refractivity contribution in [2.45, 2.75) is 102 Å². The molecular formula is C17H33NO. The molecule has 0 amide bonds. The number of hydrogen-bond donors (Lipinski definition) is 1. The lowest BCUT2D eigenvalue weighted by Crippen LogP contribution is -2.31. The highest BCUT2D eigenvalue weighted by atomic mass is 16.5. The van der Waals surface area contributed by atoms with Crippen LogP contribution in [0.1, 0.15) is 84.5 Å². The molecule has 0 radical (unpaired) electrons. The second kappa shape index (κ2) is 7.64. The van der Waals surface area contributed by atoms with Crippen LogP contribution in [-0.4, -0.2) is 24.3 Å². The molecule has 2 unspecified atom stereocenters. The maximum absolute atomic E-state index is 6.43. The van der Waals surface area contributed by atoms with E-state index >= 15 is 0 Å². The van der Waals surface area contributed by atoms with Gasteiger partial charge in [-0.15, -0.1) is 0 Å². The number of ether oxygens (including phenoxy) is 1. The van der Waals surface area contributed by atoms with Gasteiger partial charge in [0.1, 0.15) is 0 Å². The molecule has 19 heavy (non-hydrogen) atoms. The van der Waals surface area contributed by atoms with Crippen molar-refractivity contribution in [2.24, 2.45) is 0 Å². The van der Waals surface area contributed by atoms with Crippen molar-refractivity contribution < 1.29 is 4.74 Å². The van der Waals surface area contributed by atoms with Crippen molar-refractivity contribution in [1.29, 1.82) is 0 Å². The van der Waals surface area contributed by atoms with Crippen LogP contribution < -0.4 is 5.32 Å². The molecule has 2 fully saturated rings. The molecule has 1 saturated carbocycles. The molecule has 2 heteroatoms. The quantitative estimate of drug-likeness (QED) is 0.737.